The second-order valence-corrected chi connectivity index (χ2v) is 7.37. The Bertz CT molecular complexity index is 1000. The number of nitrogens with one attached hydrogen (secondary N) is 1. The van der Waals surface area contributed by atoms with Crippen LogP contribution >= 0.6 is 11.8 Å². The molecule has 3 rings (SSSR count). The van der Waals surface area contributed by atoms with Crippen molar-refractivity contribution in [2.24, 2.45) is 0 Å². The zero-order valence-electron chi connectivity index (χ0n) is 15.2. The van der Waals surface area contributed by atoms with Gasteiger partial charge in [0, 0.05) is 12.2 Å². The fourth-order valence-corrected chi connectivity index (χ4v) is 4.08. The average Bonchev–Trinajstić information content (AvgIpc) is 3.03. The number of thioether (sulfide) groups is 1. The molecular weight excluding hydrogens is 390 g/mol. The van der Waals surface area contributed by atoms with Crippen LogP contribution in [0.3, 0.4) is 0 Å². The molecule has 1 aliphatic rings. The third-order valence-electron chi connectivity index (χ3n) is 4.18. The molecule has 0 unspecified atom stereocenters. The number of carbonyl (C=O) groups is 3. The normalized spacial score (nSPS) is 17.6. The number of carboxylic acid groups (broad SMARTS) is 1. The van der Waals surface area contributed by atoms with Crippen LogP contribution in [0.2, 0.25) is 0 Å². The van der Waals surface area contributed by atoms with E-state index >= 15 is 0 Å². The van der Waals surface area contributed by atoms with Gasteiger partial charge in [0.05, 0.1) is 6.42 Å². The molecule has 29 heavy (non-hydrogen) atoms. The first-order valence-electron chi connectivity index (χ1n) is 8.75. The summed E-state index contributed by atoms with van der Waals surface area (Å²) >= 11 is 0.925. The number of rotatable bonds is 6. The van der Waals surface area contributed by atoms with Gasteiger partial charge in [-0.2, -0.15) is 5.26 Å². The summed E-state index contributed by atoms with van der Waals surface area (Å²) in [7, 11) is 0. The Morgan fingerprint density at radius 3 is 2.31 bits per heavy atom. The lowest BCUT2D eigenvalue weighted by molar-refractivity contribution is -0.138. The van der Waals surface area contributed by atoms with E-state index in [1.165, 1.54) is 4.90 Å². The first-order chi connectivity index (χ1) is 14.0. The van der Waals surface area contributed by atoms with Crippen LogP contribution in [0.1, 0.15) is 12.0 Å². The molecule has 1 atom stereocenters. The van der Waals surface area contributed by atoms with E-state index in [0.717, 1.165) is 17.3 Å². The lowest BCUT2D eigenvalue weighted by atomic mass is 10.2. The van der Waals surface area contributed by atoms with Gasteiger partial charge in [0.2, 0.25) is 5.91 Å². The van der Waals surface area contributed by atoms with Gasteiger partial charge >= 0.3 is 5.97 Å². The summed E-state index contributed by atoms with van der Waals surface area (Å²) in [6.45, 7) is 0.223. The van der Waals surface area contributed by atoms with Crippen LogP contribution in [0.25, 0.3) is 0 Å². The summed E-state index contributed by atoms with van der Waals surface area (Å²) in [5.41, 5.74) is 1.11. The van der Waals surface area contributed by atoms with E-state index < -0.39 is 29.5 Å². The molecule has 8 heteroatoms. The van der Waals surface area contributed by atoms with Crippen molar-refractivity contribution in [3.63, 3.8) is 0 Å². The fourth-order valence-electron chi connectivity index (χ4n) is 2.82. The van der Waals surface area contributed by atoms with Gasteiger partial charge < -0.3 is 10.4 Å². The van der Waals surface area contributed by atoms with Gasteiger partial charge in [-0.1, -0.05) is 60.3 Å². The Balaban J connectivity index is 1.93. The van der Waals surface area contributed by atoms with Gasteiger partial charge in [-0.3, -0.25) is 19.3 Å². The number of hydrogen-bond donors (Lipinski definition) is 2. The van der Waals surface area contributed by atoms with Gasteiger partial charge in [-0.25, -0.2) is 0 Å². The molecule has 1 fully saturated rings. The summed E-state index contributed by atoms with van der Waals surface area (Å²) in [4.78, 5) is 37.9. The quantitative estimate of drug-likeness (QED) is 0.563. The molecule has 0 spiro atoms. The van der Waals surface area contributed by atoms with Crippen molar-refractivity contribution in [2.75, 3.05) is 4.90 Å². The first-order valence-corrected chi connectivity index (χ1v) is 9.63. The predicted molar refractivity (Wildman–Crippen MR) is 108 cm³/mol. The summed E-state index contributed by atoms with van der Waals surface area (Å²) < 4.78 is 0. The zero-order valence-corrected chi connectivity index (χ0v) is 16.1. The molecule has 7 nitrogen and oxygen atoms in total. The molecule has 1 aliphatic heterocycles. The Kier molecular flexibility index (Phi) is 6.32. The Morgan fingerprint density at radius 2 is 1.72 bits per heavy atom. The van der Waals surface area contributed by atoms with E-state index in [0.29, 0.717) is 5.69 Å². The summed E-state index contributed by atoms with van der Waals surface area (Å²) in [6.07, 6.45) is -0.402. The van der Waals surface area contributed by atoms with E-state index in [4.69, 9.17) is 5.11 Å². The van der Waals surface area contributed by atoms with Crippen LogP contribution in [0.4, 0.5) is 5.69 Å². The van der Waals surface area contributed by atoms with E-state index in [1.807, 2.05) is 36.4 Å². The topological polar surface area (TPSA) is 111 Å². The van der Waals surface area contributed by atoms with Crippen molar-refractivity contribution in [1.82, 2.24) is 5.32 Å². The van der Waals surface area contributed by atoms with Crippen molar-refractivity contribution >= 4 is 35.2 Å². The maximum absolute atomic E-state index is 12.8. The smallest absolute Gasteiger partial charge is 0.305 e. The third kappa shape index (κ3) is 4.65. The molecule has 0 aliphatic carbocycles. The van der Waals surface area contributed by atoms with Crippen LogP contribution in [-0.4, -0.2) is 28.1 Å². The van der Waals surface area contributed by atoms with Gasteiger partial charge in [-0.05, 0) is 17.7 Å². The Labute approximate surface area is 171 Å². The highest BCUT2D eigenvalue weighted by Crippen LogP contribution is 2.41. The number of amides is 2. The highest BCUT2D eigenvalue weighted by Gasteiger charge is 2.41. The van der Waals surface area contributed by atoms with Crippen molar-refractivity contribution in [1.29, 1.82) is 5.26 Å². The van der Waals surface area contributed by atoms with E-state index in [9.17, 15) is 19.6 Å². The molecular formula is C21H17N3O4S. The molecule has 1 heterocycles. The van der Waals surface area contributed by atoms with Crippen molar-refractivity contribution < 1.29 is 19.5 Å². The lowest BCUT2D eigenvalue weighted by Gasteiger charge is -2.18. The number of carbonyl (C=O) groups excluding carboxylic acids is 2. The second-order valence-electron chi connectivity index (χ2n) is 6.17. The molecule has 0 bridgehead atoms. The number of carboxylic acids is 1. The molecule has 2 N–H and O–H groups in total. The van der Waals surface area contributed by atoms with E-state index in [2.05, 4.69) is 5.32 Å². The van der Waals surface area contributed by atoms with E-state index in [-0.39, 0.29) is 17.1 Å². The van der Waals surface area contributed by atoms with Crippen molar-refractivity contribution in [3.05, 3.63) is 76.8 Å². The maximum Gasteiger partial charge on any atom is 0.305 e. The first kappa shape index (κ1) is 20.2. The van der Waals surface area contributed by atoms with Gasteiger partial charge in [0.1, 0.15) is 21.9 Å². The second kappa shape index (κ2) is 9.08. The maximum atomic E-state index is 12.8. The number of para-hydroxylation sites is 1. The minimum Gasteiger partial charge on any atom is -0.481 e. The molecule has 2 aromatic carbocycles. The number of benzene rings is 2. The Hall–Kier alpha value is -3.57. The molecule has 1 saturated heterocycles. The SMILES string of the molecule is N#C/C(C(=O)NCc1ccccc1)=C1/S[C@@H](CC(=O)O)C(=O)N1c1ccccc1. The van der Waals surface area contributed by atoms with Crippen molar-refractivity contribution in [2.45, 2.75) is 18.2 Å². The molecule has 0 radical (unpaired) electrons. The number of nitrogens with zero attached hydrogens (tertiary/aromatic N) is 2. The minimum atomic E-state index is -1.13. The largest absolute Gasteiger partial charge is 0.481 e. The summed E-state index contributed by atoms with van der Waals surface area (Å²) in [5.74, 6) is -2.22. The summed E-state index contributed by atoms with van der Waals surface area (Å²) in [5, 5.41) is 20.7. The van der Waals surface area contributed by atoms with E-state index in [1.54, 1.807) is 30.3 Å². The highest BCUT2D eigenvalue weighted by atomic mass is 32.2. The Morgan fingerprint density at radius 1 is 1.10 bits per heavy atom. The molecule has 146 valence electrons. The predicted octanol–water partition coefficient (Wildman–Crippen LogP) is 2.66. The third-order valence-corrected chi connectivity index (χ3v) is 5.44. The number of nitriles is 1. The van der Waals surface area contributed by atoms with Gasteiger partial charge in [-0.15, -0.1) is 0 Å². The van der Waals surface area contributed by atoms with Crippen LogP contribution in [-0.2, 0) is 20.9 Å². The van der Waals surface area contributed by atoms with Crippen LogP contribution in [0.5, 0.6) is 0 Å². The molecule has 0 saturated carbocycles. The average molecular weight is 407 g/mol. The van der Waals surface area contributed by atoms with Crippen LogP contribution in [0.15, 0.2) is 71.3 Å². The molecule has 2 aromatic rings. The monoisotopic (exact) mass is 407 g/mol. The van der Waals surface area contributed by atoms with Gasteiger partial charge in [0.15, 0.2) is 0 Å². The lowest BCUT2D eigenvalue weighted by Crippen LogP contribution is -2.32. The standard InChI is InChI=1S/C21H17N3O4S/c22-12-16(19(27)23-13-14-7-3-1-4-8-14)21-24(15-9-5-2-6-10-15)20(28)17(29-21)11-18(25)26/h1-10,17H,11,13H2,(H,23,27)(H,25,26)/b21-16-/t17-/m0/s1. The van der Waals surface area contributed by atoms with Gasteiger partial charge in [0.25, 0.3) is 5.91 Å². The molecule has 0 aromatic heterocycles. The zero-order chi connectivity index (χ0) is 20.8. The highest BCUT2D eigenvalue weighted by molar-refractivity contribution is 8.05. The van der Waals surface area contributed by atoms with Crippen LogP contribution in [0, 0.1) is 11.3 Å². The number of aliphatic carboxylic acids is 1. The number of hydrogen-bond acceptors (Lipinski definition) is 5. The fraction of sp³-hybridized carbons (Fsp3) is 0.143. The van der Waals surface area contributed by atoms with Crippen molar-refractivity contribution in [3.8, 4) is 6.07 Å². The number of anilines is 1. The minimum absolute atomic E-state index is 0.139. The van der Waals surface area contributed by atoms with Crippen LogP contribution < -0.4 is 10.2 Å². The summed E-state index contributed by atoms with van der Waals surface area (Å²) in [6, 6.07) is 19.6. The molecule has 2 amide bonds.